The number of nitrogens with zero attached hydrogens (tertiary/aromatic N) is 1. The minimum atomic E-state index is -0.935. The first-order valence-electron chi connectivity index (χ1n) is 6.27. The lowest BCUT2D eigenvalue weighted by molar-refractivity contribution is -0.138. The fourth-order valence-corrected chi connectivity index (χ4v) is 0.495. The molecule has 0 fully saturated rings. The van der Waals surface area contributed by atoms with Crippen LogP contribution < -0.4 is 5.73 Å². The van der Waals surface area contributed by atoms with Gasteiger partial charge in [0.2, 0.25) is 6.08 Å². The van der Waals surface area contributed by atoms with E-state index in [1.165, 1.54) is 13.0 Å². The molecule has 130 valence electrons. The number of rotatable bonds is 6. The largest absolute Gasteiger partial charge is 0.478 e. The van der Waals surface area contributed by atoms with E-state index in [9.17, 15) is 19.2 Å². The maximum absolute atomic E-state index is 10.6. The summed E-state index contributed by atoms with van der Waals surface area (Å²) in [5.41, 5.74) is 5.05. The summed E-state index contributed by atoms with van der Waals surface area (Å²) >= 11 is 0. The molecule has 0 aromatic carbocycles. The van der Waals surface area contributed by atoms with Gasteiger partial charge in [-0.2, -0.15) is 0 Å². The van der Waals surface area contributed by atoms with E-state index in [-0.39, 0.29) is 18.7 Å². The smallest absolute Gasteiger partial charge is 0.404 e. The molecule has 0 aliphatic carbocycles. The Morgan fingerprint density at radius 2 is 1.65 bits per heavy atom. The standard InChI is InChI=1S/C7H9NO3.C4H6O2.C3H7NO2/c1-6(2)7(10)11-4-3-8-5-9;1-3(2)4(5)6;1-2-6-3(4)5/h1,3-4H2,2H3;1H2,2H3,(H,5,6);2H2,1H3,(H2,4,5). The molecule has 0 bridgehead atoms. The Morgan fingerprint density at radius 1 is 1.17 bits per heavy atom. The lowest BCUT2D eigenvalue weighted by Gasteiger charge is -1.99. The molecule has 0 spiro atoms. The molecule has 3 N–H and O–H groups in total. The summed E-state index contributed by atoms with van der Waals surface area (Å²) in [6.45, 7) is 11.8. The number of carbonyl (C=O) groups is 3. The van der Waals surface area contributed by atoms with Crippen molar-refractivity contribution in [1.29, 1.82) is 0 Å². The van der Waals surface area contributed by atoms with Gasteiger partial charge in [0.25, 0.3) is 0 Å². The van der Waals surface area contributed by atoms with Gasteiger partial charge in [-0.1, -0.05) is 13.2 Å². The van der Waals surface area contributed by atoms with Gasteiger partial charge in [-0.3, -0.25) is 0 Å². The van der Waals surface area contributed by atoms with Gasteiger partial charge in [-0.25, -0.2) is 24.2 Å². The highest BCUT2D eigenvalue weighted by Gasteiger charge is 2.00. The molecular weight excluding hydrogens is 308 g/mol. The number of carboxylic acid groups (broad SMARTS) is 1. The predicted molar refractivity (Wildman–Crippen MR) is 82.4 cm³/mol. The monoisotopic (exact) mass is 330 g/mol. The van der Waals surface area contributed by atoms with Crippen LogP contribution in [0.5, 0.6) is 0 Å². The van der Waals surface area contributed by atoms with Crippen LogP contribution in [0, 0.1) is 0 Å². The van der Waals surface area contributed by atoms with E-state index in [2.05, 4.69) is 33.4 Å². The average molecular weight is 330 g/mol. The third-order valence-electron chi connectivity index (χ3n) is 1.50. The fourth-order valence-electron chi connectivity index (χ4n) is 0.495. The number of aliphatic imine (C=N–C) groups is 1. The van der Waals surface area contributed by atoms with E-state index in [1.807, 2.05) is 0 Å². The van der Waals surface area contributed by atoms with Crippen molar-refractivity contribution in [2.24, 2.45) is 10.7 Å². The summed E-state index contributed by atoms with van der Waals surface area (Å²) in [7, 11) is 0. The highest BCUT2D eigenvalue weighted by atomic mass is 16.5. The molecule has 0 aliphatic heterocycles. The van der Waals surface area contributed by atoms with Crippen molar-refractivity contribution < 1.29 is 33.8 Å². The van der Waals surface area contributed by atoms with Gasteiger partial charge in [0.15, 0.2) is 0 Å². The Hall–Kier alpha value is -2.93. The summed E-state index contributed by atoms with van der Waals surface area (Å²) in [5.74, 6) is -1.40. The van der Waals surface area contributed by atoms with Crippen LogP contribution in [0.3, 0.4) is 0 Å². The third-order valence-corrected chi connectivity index (χ3v) is 1.50. The Balaban J connectivity index is -0.000000284. The number of nitrogens with two attached hydrogens (primary N) is 1. The fraction of sp³-hybridized carbons (Fsp3) is 0.429. The van der Waals surface area contributed by atoms with Crippen LogP contribution in [0.25, 0.3) is 0 Å². The zero-order valence-electron chi connectivity index (χ0n) is 13.5. The second kappa shape index (κ2) is 17.1. The normalized spacial score (nSPS) is 7.78. The summed E-state index contributed by atoms with van der Waals surface area (Å²) in [4.78, 5) is 42.6. The number of amides is 1. The van der Waals surface area contributed by atoms with Crippen molar-refractivity contribution in [3.8, 4) is 0 Å². The summed E-state index contributed by atoms with van der Waals surface area (Å²) in [6, 6.07) is 0. The minimum Gasteiger partial charge on any atom is -0.478 e. The summed E-state index contributed by atoms with van der Waals surface area (Å²) in [6.07, 6.45) is 0.621. The van der Waals surface area contributed by atoms with E-state index < -0.39 is 18.0 Å². The second-order valence-corrected chi connectivity index (χ2v) is 3.73. The molecule has 0 aromatic rings. The van der Waals surface area contributed by atoms with E-state index in [4.69, 9.17) is 5.11 Å². The average Bonchev–Trinajstić information content (AvgIpc) is 2.44. The maximum atomic E-state index is 10.6. The summed E-state index contributed by atoms with van der Waals surface area (Å²) in [5, 5.41) is 7.89. The number of hydrogen-bond donors (Lipinski definition) is 2. The number of hydrogen-bond acceptors (Lipinski definition) is 7. The van der Waals surface area contributed by atoms with E-state index in [0.29, 0.717) is 12.2 Å². The lowest BCUT2D eigenvalue weighted by atomic mass is 10.4. The predicted octanol–water partition coefficient (Wildman–Crippen LogP) is 1.19. The third kappa shape index (κ3) is 28.1. The van der Waals surface area contributed by atoms with Gasteiger partial charge in [0.05, 0.1) is 13.2 Å². The van der Waals surface area contributed by atoms with Crippen LogP contribution in [0.15, 0.2) is 29.3 Å². The maximum Gasteiger partial charge on any atom is 0.404 e. The highest BCUT2D eigenvalue weighted by Crippen LogP contribution is 1.90. The topological polar surface area (TPSA) is 145 Å². The minimum absolute atomic E-state index is 0.0981. The van der Waals surface area contributed by atoms with Gasteiger partial charge in [-0.15, -0.1) is 0 Å². The molecule has 0 aliphatic rings. The molecule has 0 radical (unpaired) electrons. The zero-order chi connectivity index (χ0) is 18.8. The molecule has 1 amide bonds. The Morgan fingerprint density at radius 3 is 1.87 bits per heavy atom. The molecule has 0 saturated heterocycles. The van der Waals surface area contributed by atoms with Crippen LogP contribution in [-0.2, 0) is 23.9 Å². The van der Waals surface area contributed by atoms with E-state index in [1.54, 1.807) is 13.8 Å². The van der Waals surface area contributed by atoms with Crippen LogP contribution in [-0.4, -0.2) is 49.0 Å². The number of carboxylic acids is 1. The van der Waals surface area contributed by atoms with Gasteiger partial charge < -0.3 is 20.3 Å². The molecule has 0 aromatic heterocycles. The van der Waals surface area contributed by atoms with Gasteiger partial charge >= 0.3 is 18.0 Å². The molecular formula is C14H22N2O7. The van der Waals surface area contributed by atoms with Crippen molar-refractivity contribution in [3.63, 3.8) is 0 Å². The van der Waals surface area contributed by atoms with Crippen molar-refractivity contribution in [3.05, 3.63) is 24.3 Å². The van der Waals surface area contributed by atoms with E-state index >= 15 is 0 Å². The Bertz CT molecular complexity index is 454. The van der Waals surface area contributed by atoms with Crippen LogP contribution in [0.4, 0.5) is 4.79 Å². The number of aliphatic carboxylic acids is 1. The van der Waals surface area contributed by atoms with Crippen LogP contribution >= 0.6 is 0 Å². The molecule has 0 atom stereocenters. The molecule has 0 rings (SSSR count). The summed E-state index contributed by atoms with van der Waals surface area (Å²) < 4.78 is 8.77. The first-order valence-corrected chi connectivity index (χ1v) is 6.27. The molecule has 0 unspecified atom stereocenters. The SMILES string of the molecule is C=C(C)C(=O)O.C=C(C)C(=O)OCCN=C=O.CCOC(N)=O. The van der Waals surface area contributed by atoms with Crippen molar-refractivity contribution in [2.45, 2.75) is 20.8 Å². The Kier molecular flexibility index (Phi) is 18.6. The number of primary amides is 1. The van der Waals surface area contributed by atoms with Crippen molar-refractivity contribution >= 4 is 24.1 Å². The first-order chi connectivity index (χ1) is 10.6. The molecule has 9 nitrogen and oxygen atoms in total. The van der Waals surface area contributed by atoms with Crippen molar-refractivity contribution in [2.75, 3.05) is 19.8 Å². The van der Waals surface area contributed by atoms with Gasteiger partial charge in [0, 0.05) is 11.1 Å². The quantitative estimate of drug-likeness (QED) is 0.244. The van der Waals surface area contributed by atoms with E-state index in [0.717, 1.165) is 0 Å². The molecule has 0 heterocycles. The van der Waals surface area contributed by atoms with Crippen LogP contribution in [0.2, 0.25) is 0 Å². The van der Waals surface area contributed by atoms with Crippen LogP contribution in [0.1, 0.15) is 20.8 Å². The van der Waals surface area contributed by atoms with Gasteiger partial charge in [0.1, 0.15) is 6.61 Å². The van der Waals surface area contributed by atoms with Crippen molar-refractivity contribution in [1.82, 2.24) is 0 Å². The number of isocyanates is 1. The molecule has 0 saturated carbocycles. The molecule has 23 heavy (non-hydrogen) atoms. The number of ether oxygens (including phenoxy) is 2. The highest BCUT2D eigenvalue weighted by molar-refractivity contribution is 5.86. The first kappa shape index (κ1) is 25.0. The molecule has 9 heteroatoms. The zero-order valence-corrected chi connectivity index (χ0v) is 13.5. The Labute approximate surface area is 134 Å². The number of carbonyl (C=O) groups excluding carboxylic acids is 3. The number of esters is 1. The van der Waals surface area contributed by atoms with Gasteiger partial charge in [-0.05, 0) is 20.8 Å². The second-order valence-electron chi connectivity index (χ2n) is 3.73. The lowest BCUT2D eigenvalue weighted by Crippen LogP contribution is -2.11.